The molecule has 0 spiro atoms. The van der Waals surface area contributed by atoms with Crippen molar-refractivity contribution in [3.05, 3.63) is 28.3 Å². The maximum absolute atomic E-state index is 12.1. The summed E-state index contributed by atoms with van der Waals surface area (Å²) >= 11 is 3.25. The summed E-state index contributed by atoms with van der Waals surface area (Å²) in [5, 5.41) is 12.1. The minimum atomic E-state index is -1.06. The van der Waals surface area contributed by atoms with Gasteiger partial charge in [0.05, 0.1) is 4.47 Å². The number of carbonyl (C=O) groups is 3. The smallest absolute Gasteiger partial charge is 0.351 e. The Morgan fingerprint density at radius 1 is 1.21 bits per heavy atom. The number of fused-ring (bicyclic) bond motifs is 1. The standard InChI is InChI=1S/C17H18BrN3O8/c1-8(22)26-6-13-14(27-9(2)23)15(28-10(3)24)17(29-13)20-7-19-16-12(20)4-11(18)5-21(16)25/h4-5,7,13-15,17H,6H2,1-3H3/t13-,14-,15-,17-/m1/s1. The van der Waals surface area contributed by atoms with Gasteiger partial charge in [-0.25, -0.2) is 4.73 Å². The molecule has 0 unspecified atom stereocenters. The van der Waals surface area contributed by atoms with E-state index in [1.165, 1.54) is 37.9 Å². The monoisotopic (exact) mass is 471 g/mol. The number of carbonyl (C=O) groups excluding carboxylic acids is 3. The van der Waals surface area contributed by atoms with E-state index in [4.69, 9.17) is 18.9 Å². The van der Waals surface area contributed by atoms with E-state index in [0.29, 0.717) is 14.7 Å². The Labute approximate surface area is 173 Å². The zero-order chi connectivity index (χ0) is 21.3. The molecule has 0 saturated carbocycles. The molecule has 3 heterocycles. The molecule has 12 heteroatoms. The Kier molecular flexibility index (Phi) is 6.03. The summed E-state index contributed by atoms with van der Waals surface area (Å²) in [5.74, 6) is -1.80. The third-order valence-electron chi connectivity index (χ3n) is 4.15. The summed E-state index contributed by atoms with van der Waals surface area (Å²) in [6.07, 6.45) is -1.34. The molecule has 3 rings (SSSR count). The van der Waals surface area contributed by atoms with Crippen LogP contribution < -0.4 is 4.73 Å². The van der Waals surface area contributed by atoms with E-state index in [2.05, 4.69) is 20.9 Å². The van der Waals surface area contributed by atoms with Crippen LogP contribution in [-0.4, -0.2) is 52.4 Å². The lowest BCUT2D eigenvalue weighted by atomic mass is 10.1. The van der Waals surface area contributed by atoms with Gasteiger partial charge >= 0.3 is 23.6 Å². The normalized spacial score (nSPS) is 23.7. The lowest BCUT2D eigenvalue weighted by molar-refractivity contribution is -0.579. The molecule has 1 aliphatic heterocycles. The van der Waals surface area contributed by atoms with E-state index in [-0.39, 0.29) is 12.3 Å². The number of imidazole rings is 1. The Hall–Kier alpha value is -2.73. The summed E-state index contributed by atoms with van der Waals surface area (Å²) in [4.78, 5) is 38.6. The lowest BCUT2D eigenvalue weighted by Crippen LogP contribution is -2.40. The first-order chi connectivity index (χ1) is 13.7. The van der Waals surface area contributed by atoms with Crippen molar-refractivity contribution in [1.82, 2.24) is 9.55 Å². The molecule has 0 aliphatic carbocycles. The number of hydrogen-bond acceptors (Lipinski definition) is 9. The Balaban J connectivity index is 2.04. The number of halogens is 1. The van der Waals surface area contributed by atoms with Crippen LogP contribution in [0, 0.1) is 5.21 Å². The predicted molar refractivity (Wildman–Crippen MR) is 98.0 cm³/mol. The Morgan fingerprint density at radius 3 is 2.48 bits per heavy atom. The first-order valence-corrected chi connectivity index (χ1v) is 9.35. The third-order valence-corrected chi connectivity index (χ3v) is 4.58. The zero-order valence-electron chi connectivity index (χ0n) is 15.7. The molecule has 0 aromatic carbocycles. The molecule has 2 aromatic heterocycles. The highest BCUT2D eigenvalue weighted by molar-refractivity contribution is 9.10. The SMILES string of the molecule is CC(=O)OC[C@H]1O[C@@H](n2cnc3c2cc(Br)c[n+]3[O-])[C@H](OC(C)=O)[C@@H]1OC(C)=O. The van der Waals surface area contributed by atoms with E-state index in [1.54, 1.807) is 6.07 Å². The van der Waals surface area contributed by atoms with Gasteiger partial charge in [-0.1, -0.05) is 0 Å². The molecule has 29 heavy (non-hydrogen) atoms. The topological polar surface area (TPSA) is 133 Å². The van der Waals surface area contributed by atoms with Crippen LogP contribution in [0.15, 0.2) is 23.1 Å². The number of rotatable bonds is 5. The highest BCUT2D eigenvalue weighted by atomic mass is 79.9. The first-order valence-electron chi connectivity index (χ1n) is 8.56. The number of pyridine rings is 1. The molecule has 1 saturated heterocycles. The molecule has 1 fully saturated rings. The number of esters is 3. The fourth-order valence-electron chi connectivity index (χ4n) is 3.13. The van der Waals surface area contributed by atoms with E-state index >= 15 is 0 Å². The van der Waals surface area contributed by atoms with Gasteiger partial charge in [-0.2, -0.15) is 0 Å². The van der Waals surface area contributed by atoms with Crippen molar-refractivity contribution in [1.29, 1.82) is 0 Å². The van der Waals surface area contributed by atoms with Crippen LogP contribution in [0.1, 0.15) is 27.0 Å². The lowest BCUT2D eigenvalue weighted by Gasteiger charge is -2.23. The predicted octanol–water partition coefficient (Wildman–Crippen LogP) is 0.756. The number of nitrogens with zero attached hydrogens (tertiary/aromatic N) is 3. The number of ether oxygens (including phenoxy) is 4. The molecule has 0 amide bonds. The second kappa shape index (κ2) is 8.33. The highest BCUT2D eigenvalue weighted by Crippen LogP contribution is 2.36. The fraction of sp³-hybridized carbons (Fsp3) is 0.471. The van der Waals surface area contributed by atoms with Gasteiger partial charge in [-0.15, -0.1) is 0 Å². The highest BCUT2D eigenvalue weighted by Gasteiger charge is 2.51. The maximum Gasteiger partial charge on any atom is 0.351 e. The molecule has 11 nitrogen and oxygen atoms in total. The van der Waals surface area contributed by atoms with Crippen molar-refractivity contribution in [3.8, 4) is 0 Å². The molecular weight excluding hydrogens is 454 g/mol. The molecule has 0 radical (unpaired) electrons. The second-order valence-electron chi connectivity index (χ2n) is 6.36. The molecule has 4 atom stereocenters. The third kappa shape index (κ3) is 4.48. The fourth-order valence-corrected chi connectivity index (χ4v) is 3.53. The quantitative estimate of drug-likeness (QED) is 0.268. The van der Waals surface area contributed by atoms with Crippen LogP contribution in [-0.2, 0) is 33.3 Å². The van der Waals surface area contributed by atoms with Crippen LogP contribution in [0.3, 0.4) is 0 Å². The Morgan fingerprint density at radius 2 is 1.86 bits per heavy atom. The van der Waals surface area contributed by atoms with Gasteiger partial charge < -0.3 is 24.2 Å². The molecule has 1 aliphatic rings. The summed E-state index contributed by atoms with van der Waals surface area (Å²) in [6, 6.07) is 1.64. The van der Waals surface area contributed by atoms with Crippen LogP contribution in [0.2, 0.25) is 0 Å². The molecule has 156 valence electrons. The minimum absolute atomic E-state index is 0.117. The first kappa shape index (κ1) is 21.0. The van der Waals surface area contributed by atoms with Crippen LogP contribution >= 0.6 is 15.9 Å². The van der Waals surface area contributed by atoms with Gasteiger partial charge in [-0.05, 0) is 27.0 Å². The second-order valence-corrected chi connectivity index (χ2v) is 7.28. The Bertz CT molecular complexity index is 962. The number of aromatic nitrogens is 3. The van der Waals surface area contributed by atoms with Crippen molar-refractivity contribution in [2.75, 3.05) is 6.61 Å². The molecule has 0 N–H and O–H groups in total. The molecule has 0 bridgehead atoms. The van der Waals surface area contributed by atoms with E-state index in [1.807, 2.05) is 0 Å². The molecular formula is C17H18BrN3O8. The van der Waals surface area contributed by atoms with Crippen molar-refractivity contribution in [3.63, 3.8) is 0 Å². The van der Waals surface area contributed by atoms with Gasteiger partial charge in [0.2, 0.25) is 6.33 Å². The van der Waals surface area contributed by atoms with Gasteiger partial charge in [0.15, 0.2) is 18.4 Å². The average molecular weight is 472 g/mol. The van der Waals surface area contributed by atoms with E-state index in [9.17, 15) is 19.6 Å². The van der Waals surface area contributed by atoms with Gasteiger partial charge in [0.25, 0.3) is 0 Å². The van der Waals surface area contributed by atoms with Crippen LogP contribution in [0.5, 0.6) is 0 Å². The minimum Gasteiger partial charge on any atom is -0.710 e. The zero-order valence-corrected chi connectivity index (χ0v) is 17.3. The molecule has 2 aromatic rings. The summed E-state index contributed by atoms with van der Waals surface area (Å²) in [6.45, 7) is 3.41. The van der Waals surface area contributed by atoms with E-state index < -0.39 is 42.4 Å². The van der Waals surface area contributed by atoms with Gasteiger partial charge in [-0.3, -0.25) is 19.0 Å². The number of hydrogen-bond donors (Lipinski definition) is 0. The summed E-state index contributed by atoms with van der Waals surface area (Å²) < 4.78 is 24.2. The maximum atomic E-state index is 12.1. The van der Waals surface area contributed by atoms with E-state index in [0.717, 1.165) is 0 Å². The summed E-state index contributed by atoms with van der Waals surface area (Å²) in [5.41, 5.74) is 0.511. The van der Waals surface area contributed by atoms with Crippen molar-refractivity contribution >= 4 is 45.0 Å². The van der Waals surface area contributed by atoms with Gasteiger partial charge in [0.1, 0.15) is 24.4 Å². The van der Waals surface area contributed by atoms with Gasteiger partial charge in [0, 0.05) is 20.8 Å². The van der Waals surface area contributed by atoms with Crippen molar-refractivity contribution < 1.29 is 38.1 Å². The van der Waals surface area contributed by atoms with Crippen molar-refractivity contribution in [2.45, 2.75) is 45.3 Å². The van der Waals surface area contributed by atoms with Crippen LogP contribution in [0.4, 0.5) is 0 Å². The summed E-state index contributed by atoms with van der Waals surface area (Å²) in [7, 11) is 0. The average Bonchev–Trinajstić information content (AvgIpc) is 3.15. The van der Waals surface area contributed by atoms with Crippen molar-refractivity contribution in [2.24, 2.45) is 0 Å². The largest absolute Gasteiger partial charge is 0.710 e. The van der Waals surface area contributed by atoms with Crippen LogP contribution in [0.25, 0.3) is 11.2 Å².